The summed E-state index contributed by atoms with van der Waals surface area (Å²) in [7, 11) is 0. The van der Waals surface area contributed by atoms with E-state index in [4.69, 9.17) is 79.1 Å². The Labute approximate surface area is 205 Å². The highest BCUT2D eigenvalue weighted by molar-refractivity contribution is 6.67. The summed E-state index contributed by atoms with van der Waals surface area (Å²) in [4.78, 5) is 12.2. The summed E-state index contributed by atoms with van der Waals surface area (Å²) in [5.41, 5.74) is 0.793. The van der Waals surface area contributed by atoms with Gasteiger partial charge in [-0.25, -0.2) is 15.0 Å². The largest absolute Gasteiger partial charge is 0.493 e. The highest BCUT2D eigenvalue weighted by Crippen LogP contribution is 2.40. The van der Waals surface area contributed by atoms with Gasteiger partial charge in [-0.1, -0.05) is 89.5 Å². The number of ether oxygens (including phenoxy) is 2. The molecular formula is C19H19Cl6N3O2. The van der Waals surface area contributed by atoms with Crippen molar-refractivity contribution in [2.75, 3.05) is 13.2 Å². The zero-order valence-corrected chi connectivity index (χ0v) is 20.7. The molecule has 1 heterocycles. The number of alkyl halides is 6. The maximum atomic E-state index is 5.90. The summed E-state index contributed by atoms with van der Waals surface area (Å²) in [6.45, 7) is 5.24. The van der Waals surface area contributed by atoms with Crippen LogP contribution in [0.25, 0.3) is 12.2 Å². The molecule has 0 N–H and O–H groups in total. The molecule has 1 aromatic heterocycles. The molecule has 1 aromatic carbocycles. The summed E-state index contributed by atoms with van der Waals surface area (Å²) in [6, 6.07) is 5.56. The first kappa shape index (κ1) is 25.6. The summed E-state index contributed by atoms with van der Waals surface area (Å²) in [5, 5.41) is 0. The van der Waals surface area contributed by atoms with Crippen molar-refractivity contribution in [3.63, 3.8) is 0 Å². The number of hydrogen-bond acceptors (Lipinski definition) is 5. The van der Waals surface area contributed by atoms with Crippen LogP contribution in [0.15, 0.2) is 18.2 Å². The van der Waals surface area contributed by atoms with E-state index < -0.39 is 7.59 Å². The molecule has 5 nitrogen and oxygen atoms in total. The fourth-order valence-electron chi connectivity index (χ4n) is 2.19. The van der Waals surface area contributed by atoms with E-state index in [0.717, 1.165) is 18.4 Å². The molecule has 2 aromatic rings. The van der Waals surface area contributed by atoms with Crippen LogP contribution >= 0.6 is 69.6 Å². The highest BCUT2D eigenvalue weighted by atomic mass is 35.6. The van der Waals surface area contributed by atoms with E-state index in [1.807, 2.05) is 32.0 Å². The van der Waals surface area contributed by atoms with Gasteiger partial charge in [-0.15, -0.1) is 0 Å². The molecule has 0 unspecified atom stereocenters. The maximum Gasteiger partial charge on any atom is 0.250 e. The number of aromatic nitrogens is 3. The molecule has 0 saturated heterocycles. The van der Waals surface area contributed by atoms with E-state index in [1.165, 1.54) is 0 Å². The fourth-order valence-corrected chi connectivity index (χ4v) is 2.69. The Balaban J connectivity index is 2.41. The van der Waals surface area contributed by atoms with Crippen molar-refractivity contribution >= 4 is 81.8 Å². The number of nitrogens with zero attached hydrogens (tertiary/aromatic N) is 3. The average Bonchev–Trinajstić information content (AvgIpc) is 2.67. The molecule has 0 saturated carbocycles. The van der Waals surface area contributed by atoms with Gasteiger partial charge in [0.05, 0.1) is 13.2 Å². The van der Waals surface area contributed by atoms with Gasteiger partial charge in [0.1, 0.15) is 11.5 Å². The third-order valence-corrected chi connectivity index (χ3v) is 4.45. The molecule has 0 amide bonds. The van der Waals surface area contributed by atoms with Crippen LogP contribution in [0, 0.1) is 0 Å². The van der Waals surface area contributed by atoms with Gasteiger partial charge in [0.15, 0.2) is 17.5 Å². The van der Waals surface area contributed by atoms with E-state index in [9.17, 15) is 0 Å². The number of halogens is 6. The lowest BCUT2D eigenvalue weighted by Crippen LogP contribution is -2.16. The molecule has 11 heteroatoms. The summed E-state index contributed by atoms with van der Waals surface area (Å²) in [5.74, 6) is 1.21. The fraction of sp³-hybridized carbons (Fsp3) is 0.421. The SMILES string of the molecule is CCCOc1cc(/C=C/c2nc(C(Cl)(Cl)Cl)nc(C(Cl)(Cl)Cl)n2)cc(OCCC)c1. The zero-order valence-electron chi connectivity index (χ0n) is 16.1. The van der Waals surface area contributed by atoms with Gasteiger partial charge in [-0.05, 0) is 36.6 Å². The molecular weight excluding hydrogens is 515 g/mol. The van der Waals surface area contributed by atoms with Crippen LogP contribution in [0.3, 0.4) is 0 Å². The quantitative estimate of drug-likeness (QED) is 0.334. The van der Waals surface area contributed by atoms with E-state index in [-0.39, 0.29) is 17.5 Å². The van der Waals surface area contributed by atoms with Crippen LogP contribution in [-0.4, -0.2) is 28.2 Å². The normalized spacial score (nSPS) is 12.4. The Morgan fingerprint density at radius 1 is 0.733 bits per heavy atom. The summed E-state index contributed by atoms with van der Waals surface area (Å²) < 4.78 is 7.65. The van der Waals surface area contributed by atoms with Crippen LogP contribution < -0.4 is 9.47 Å². The Bertz CT molecular complexity index is 823. The van der Waals surface area contributed by atoms with Gasteiger partial charge in [0.2, 0.25) is 7.59 Å². The van der Waals surface area contributed by atoms with Crippen molar-refractivity contribution in [2.24, 2.45) is 0 Å². The minimum absolute atomic E-state index is 0.156. The number of benzene rings is 1. The van der Waals surface area contributed by atoms with Crippen molar-refractivity contribution in [2.45, 2.75) is 34.3 Å². The molecule has 0 aliphatic heterocycles. The average molecular weight is 534 g/mol. The Hall–Kier alpha value is -0.690. The molecule has 0 aliphatic rings. The molecule has 0 spiro atoms. The molecule has 164 valence electrons. The minimum atomic E-state index is -1.91. The third kappa shape index (κ3) is 8.10. The van der Waals surface area contributed by atoms with Crippen LogP contribution in [0.4, 0.5) is 0 Å². The second-order valence-electron chi connectivity index (χ2n) is 6.10. The lowest BCUT2D eigenvalue weighted by Gasteiger charge is -2.14. The van der Waals surface area contributed by atoms with Gasteiger partial charge < -0.3 is 9.47 Å². The van der Waals surface area contributed by atoms with Crippen molar-refractivity contribution in [3.05, 3.63) is 41.2 Å². The molecule has 30 heavy (non-hydrogen) atoms. The maximum absolute atomic E-state index is 5.90. The second kappa shape index (κ2) is 11.3. The molecule has 2 rings (SSSR count). The lowest BCUT2D eigenvalue weighted by atomic mass is 10.2. The van der Waals surface area contributed by atoms with E-state index >= 15 is 0 Å². The van der Waals surface area contributed by atoms with Crippen LogP contribution in [-0.2, 0) is 7.59 Å². The molecule has 0 fully saturated rings. The predicted octanol–water partition coefficient (Wildman–Crippen LogP) is 7.27. The monoisotopic (exact) mass is 531 g/mol. The van der Waals surface area contributed by atoms with Gasteiger partial charge in [-0.2, -0.15) is 0 Å². The second-order valence-corrected chi connectivity index (χ2v) is 10.7. The first-order chi connectivity index (χ1) is 14.0. The zero-order chi connectivity index (χ0) is 22.4. The Morgan fingerprint density at radius 2 is 1.20 bits per heavy atom. The number of rotatable bonds is 8. The first-order valence-corrected chi connectivity index (χ1v) is 11.3. The Kier molecular flexibility index (Phi) is 9.59. The van der Waals surface area contributed by atoms with Gasteiger partial charge >= 0.3 is 0 Å². The summed E-state index contributed by atoms with van der Waals surface area (Å²) >= 11 is 35.4. The van der Waals surface area contributed by atoms with E-state index in [2.05, 4.69) is 15.0 Å². The van der Waals surface area contributed by atoms with Crippen LogP contribution in [0.2, 0.25) is 0 Å². The highest BCUT2D eigenvalue weighted by Gasteiger charge is 2.33. The van der Waals surface area contributed by atoms with Crippen molar-refractivity contribution < 1.29 is 9.47 Å². The smallest absolute Gasteiger partial charge is 0.250 e. The molecule has 0 aliphatic carbocycles. The van der Waals surface area contributed by atoms with Crippen molar-refractivity contribution in [3.8, 4) is 11.5 Å². The van der Waals surface area contributed by atoms with Crippen molar-refractivity contribution in [1.29, 1.82) is 0 Å². The first-order valence-electron chi connectivity index (χ1n) is 9.02. The lowest BCUT2D eigenvalue weighted by molar-refractivity contribution is 0.301. The predicted molar refractivity (Wildman–Crippen MR) is 125 cm³/mol. The summed E-state index contributed by atoms with van der Waals surface area (Å²) in [6.07, 6.45) is 5.10. The van der Waals surface area contributed by atoms with Crippen LogP contribution in [0.5, 0.6) is 11.5 Å². The van der Waals surface area contributed by atoms with Gasteiger partial charge in [-0.3, -0.25) is 0 Å². The van der Waals surface area contributed by atoms with Crippen LogP contribution in [0.1, 0.15) is 49.7 Å². The van der Waals surface area contributed by atoms with E-state index in [1.54, 1.807) is 12.2 Å². The van der Waals surface area contributed by atoms with Crippen molar-refractivity contribution in [1.82, 2.24) is 15.0 Å². The molecule has 0 radical (unpaired) electrons. The molecule has 0 atom stereocenters. The minimum Gasteiger partial charge on any atom is -0.493 e. The number of hydrogen-bond donors (Lipinski definition) is 0. The topological polar surface area (TPSA) is 57.1 Å². The molecule has 0 bridgehead atoms. The van der Waals surface area contributed by atoms with E-state index in [0.29, 0.717) is 24.7 Å². The third-order valence-electron chi connectivity index (χ3n) is 3.43. The van der Waals surface area contributed by atoms with Gasteiger partial charge in [0.25, 0.3) is 0 Å². The van der Waals surface area contributed by atoms with Gasteiger partial charge in [0, 0.05) is 6.07 Å². The Morgan fingerprint density at radius 3 is 1.60 bits per heavy atom. The standard InChI is InChI=1S/C19H19Cl6N3O2/c1-3-7-29-13-9-12(10-14(11-13)30-8-4-2)5-6-15-26-16(18(20,21)22)28-17(27-15)19(23,24)25/h5-6,9-11H,3-4,7-8H2,1-2H3/b6-5+.